The summed E-state index contributed by atoms with van der Waals surface area (Å²) in [6, 6.07) is 17.5. The number of amides is 1. The lowest BCUT2D eigenvalue weighted by Gasteiger charge is -2.22. The van der Waals surface area contributed by atoms with Crippen molar-refractivity contribution in [3.05, 3.63) is 71.6 Å². The Hall–Kier alpha value is -2.95. The fraction of sp³-hybridized carbons (Fsp3) is 0.250. The normalized spacial score (nSPS) is 12.0. The van der Waals surface area contributed by atoms with E-state index in [2.05, 4.69) is 29.3 Å². The van der Waals surface area contributed by atoms with E-state index in [4.69, 9.17) is 4.42 Å². The maximum atomic E-state index is 12.8. The first-order chi connectivity index (χ1) is 12.0. The lowest BCUT2D eigenvalue weighted by atomic mass is 10.0. The minimum absolute atomic E-state index is 0.0270. The molecule has 2 aromatic carbocycles. The molecule has 0 aliphatic carbocycles. The largest absolute Gasteiger partial charge is 0.421 e. The monoisotopic (exact) mass is 335 g/mol. The van der Waals surface area contributed by atoms with Crippen LogP contribution in [0.5, 0.6) is 0 Å². The van der Waals surface area contributed by atoms with Crippen molar-refractivity contribution in [2.75, 3.05) is 13.6 Å². The van der Waals surface area contributed by atoms with Gasteiger partial charge in [-0.05, 0) is 29.7 Å². The van der Waals surface area contributed by atoms with Gasteiger partial charge in [0.25, 0.3) is 5.91 Å². The van der Waals surface area contributed by atoms with Crippen LogP contribution in [0.1, 0.15) is 34.7 Å². The second kappa shape index (κ2) is 7.30. The smallest absolute Gasteiger partial charge is 0.253 e. The molecule has 1 amide bonds. The molecule has 0 aliphatic heterocycles. The molecule has 0 saturated carbocycles. The number of hydrogen-bond donors (Lipinski definition) is 0. The highest BCUT2D eigenvalue weighted by Gasteiger charge is 2.17. The molecule has 0 N–H and O–H groups in total. The van der Waals surface area contributed by atoms with E-state index in [1.54, 1.807) is 24.0 Å². The number of carbonyl (C=O) groups excluding carboxylic acids is 1. The van der Waals surface area contributed by atoms with Crippen molar-refractivity contribution in [1.29, 1.82) is 0 Å². The number of hydrogen-bond acceptors (Lipinski definition) is 4. The minimum Gasteiger partial charge on any atom is -0.421 e. The van der Waals surface area contributed by atoms with E-state index in [0.29, 0.717) is 23.9 Å². The van der Waals surface area contributed by atoms with Crippen LogP contribution in [-0.4, -0.2) is 34.6 Å². The molecule has 1 unspecified atom stereocenters. The van der Waals surface area contributed by atoms with Gasteiger partial charge in [-0.25, -0.2) is 0 Å². The zero-order valence-corrected chi connectivity index (χ0v) is 14.6. The summed E-state index contributed by atoms with van der Waals surface area (Å²) in [5.74, 6) is 1.16. The fourth-order valence-corrected chi connectivity index (χ4v) is 2.80. The molecule has 0 bridgehead atoms. The number of rotatable bonds is 5. The quantitative estimate of drug-likeness (QED) is 0.709. The highest BCUT2D eigenvalue weighted by atomic mass is 16.4. The summed E-state index contributed by atoms with van der Waals surface area (Å²) in [7, 11) is 1.82. The van der Waals surface area contributed by atoms with Crippen LogP contribution in [0.15, 0.2) is 59.0 Å². The lowest BCUT2D eigenvalue weighted by molar-refractivity contribution is 0.0788. The number of likely N-dealkylation sites (N-methyl/N-ethyl adjacent to an activating group) is 1. The van der Waals surface area contributed by atoms with Crippen molar-refractivity contribution in [2.45, 2.75) is 19.8 Å². The van der Waals surface area contributed by atoms with Crippen molar-refractivity contribution in [3.63, 3.8) is 0 Å². The van der Waals surface area contributed by atoms with E-state index >= 15 is 0 Å². The van der Waals surface area contributed by atoms with Crippen LogP contribution in [0.2, 0.25) is 0 Å². The first-order valence-corrected chi connectivity index (χ1v) is 8.25. The summed E-state index contributed by atoms with van der Waals surface area (Å²) in [5, 5.41) is 7.84. The Morgan fingerprint density at radius 2 is 1.88 bits per heavy atom. The van der Waals surface area contributed by atoms with Gasteiger partial charge in [-0.3, -0.25) is 4.79 Å². The molecule has 5 nitrogen and oxygen atoms in total. The Morgan fingerprint density at radius 1 is 1.12 bits per heavy atom. The van der Waals surface area contributed by atoms with Crippen molar-refractivity contribution in [2.24, 2.45) is 0 Å². The third kappa shape index (κ3) is 3.94. The summed E-state index contributed by atoms with van der Waals surface area (Å²) in [6.07, 6.45) is 0. The Balaban J connectivity index is 1.74. The van der Waals surface area contributed by atoms with Crippen LogP contribution in [0, 0.1) is 6.92 Å². The van der Waals surface area contributed by atoms with Crippen LogP contribution >= 0.6 is 0 Å². The molecule has 5 heteroatoms. The second-order valence-electron chi connectivity index (χ2n) is 6.20. The molecule has 1 aromatic heterocycles. The second-order valence-corrected chi connectivity index (χ2v) is 6.20. The number of aromatic nitrogens is 2. The van der Waals surface area contributed by atoms with Gasteiger partial charge in [-0.1, -0.05) is 43.3 Å². The molecule has 25 heavy (non-hydrogen) atoms. The van der Waals surface area contributed by atoms with Gasteiger partial charge in [0.15, 0.2) is 0 Å². The summed E-state index contributed by atoms with van der Waals surface area (Å²) in [5.41, 5.74) is 2.57. The number of carbonyl (C=O) groups is 1. The zero-order chi connectivity index (χ0) is 17.8. The molecule has 0 radical (unpaired) electrons. The zero-order valence-electron chi connectivity index (χ0n) is 14.6. The molecule has 128 valence electrons. The molecular weight excluding hydrogens is 314 g/mol. The standard InChI is InChI=1S/C20H21N3O2/c1-14(16-8-5-4-6-9-16)13-23(3)20(24)18-11-7-10-17(12-18)19-22-21-15(2)25-19/h4-12,14H,13H2,1-3H3. The summed E-state index contributed by atoms with van der Waals surface area (Å²) >= 11 is 0. The predicted octanol–water partition coefficient (Wildman–Crippen LogP) is 3.92. The highest BCUT2D eigenvalue weighted by Crippen LogP contribution is 2.21. The molecule has 1 atom stereocenters. The van der Waals surface area contributed by atoms with E-state index in [0.717, 1.165) is 5.56 Å². The van der Waals surface area contributed by atoms with E-state index in [1.807, 2.05) is 37.4 Å². The van der Waals surface area contributed by atoms with Gasteiger partial charge in [0, 0.05) is 31.6 Å². The Bertz CT molecular complexity index is 858. The number of nitrogens with zero attached hydrogens (tertiary/aromatic N) is 3. The van der Waals surface area contributed by atoms with Gasteiger partial charge in [0.05, 0.1) is 0 Å². The van der Waals surface area contributed by atoms with Crippen LogP contribution < -0.4 is 0 Å². The van der Waals surface area contributed by atoms with Crippen LogP contribution in [-0.2, 0) is 0 Å². The van der Waals surface area contributed by atoms with Gasteiger partial charge in [0.1, 0.15) is 0 Å². The van der Waals surface area contributed by atoms with Crippen molar-refractivity contribution < 1.29 is 9.21 Å². The third-order valence-corrected chi connectivity index (χ3v) is 4.15. The molecule has 0 fully saturated rings. The summed E-state index contributed by atoms with van der Waals surface area (Å²) in [4.78, 5) is 14.5. The summed E-state index contributed by atoms with van der Waals surface area (Å²) < 4.78 is 5.44. The predicted molar refractivity (Wildman–Crippen MR) is 96.3 cm³/mol. The van der Waals surface area contributed by atoms with E-state index in [-0.39, 0.29) is 11.8 Å². The number of aryl methyl sites for hydroxylation is 1. The SMILES string of the molecule is Cc1nnc(-c2cccc(C(=O)N(C)CC(C)c3ccccc3)c2)o1. The topological polar surface area (TPSA) is 59.2 Å². The first kappa shape index (κ1) is 16.9. The fourth-order valence-electron chi connectivity index (χ4n) is 2.80. The maximum Gasteiger partial charge on any atom is 0.253 e. The van der Waals surface area contributed by atoms with Crippen molar-refractivity contribution in [1.82, 2.24) is 15.1 Å². The van der Waals surface area contributed by atoms with E-state index in [1.165, 1.54) is 5.56 Å². The average Bonchev–Trinajstić information content (AvgIpc) is 3.08. The Morgan fingerprint density at radius 3 is 2.56 bits per heavy atom. The summed E-state index contributed by atoms with van der Waals surface area (Å²) in [6.45, 7) is 4.51. The highest BCUT2D eigenvalue weighted by molar-refractivity contribution is 5.95. The average molecular weight is 335 g/mol. The van der Waals surface area contributed by atoms with E-state index < -0.39 is 0 Å². The minimum atomic E-state index is -0.0270. The van der Waals surface area contributed by atoms with Gasteiger partial charge < -0.3 is 9.32 Å². The molecule has 3 rings (SSSR count). The maximum absolute atomic E-state index is 12.8. The van der Waals surface area contributed by atoms with E-state index in [9.17, 15) is 4.79 Å². The first-order valence-electron chi connectivity index (χ1n) is 8.25. The third-order valence-electron chi connectivity index (χ3n) is 4.15. The van der Waals surface area contributed by atoms with Crippen molar-refractivity contribution >= 4 is 5.91 Å². The molecule has 0 spiro atoms. The number of benzene rings is 2. The van der Waals surface area contributed by atoms with Crippen LogP contribution in [0.3, 0.4) is 0 Å². The van der Waals surface area contributed by atoms with Crippen molar-refractivity contribution in [3.8, 4) is 11.5 Å². The Kier molecular flexibility index (Phi) is 4.93. The molecule has 0 aliphatic rings. The van der Waals surface area contributed by atoms with Crippen LogP contribution in [0.4, 0.5) is 0 Å². The molecule has 3 aromatic rings. The molecule has 0 saturated heterocycles. The Labute approximate surface area is 147 Å². The van der Waals surface area contributed by atoms with Gasteiger partial charge in [-0.2, -0.15) is 0 Å². The molecular formula is C20H21N3O2. The van der Waals surface area contributed by atoms with Crippen LogP contribution in [0.25, 0.3) is 11.5 Å². The molecule has 1 heterocycles. The van der Waals surface area contributed by atoms with Gasteiger partial charge in [-0.15, -0.1) is 10.2 Å². The van der Waals surface area contributed by atoms with Gasteiger partial charge >= 0.3 is 0 Å². The lowest BCUT2D eigenvalue weighted by Crippen LogP contribution is -2.30. The van der Waals surface area contributed by atoms with Gasteiger partial charge in [0.2, 0.25) is 11.8 Å².